The van der Waals surface area contributed by atoms with Crippen molar-refractivity contribution in [1.29, 1.82) is 0 Å². The lowest BCUT2D eigenvalue weighted by Gasteiger charge is -2.10. The maximum absolute atomic E-state index is 12.9. The first-order chi connectivity index (χ1) is 14.3. The molecule has 30 heavy (non-hydrogen) atoms. The predicted octanol–water partition coefficient (Wildman–Crippen LogP) is 3.35. The Labute approximate surface area is 181 Å². The third-order valence-electron chi connectivity index (χ3n) is 4.20. The van der Waals surface area contributed by atoms with Crippen molar-refractivity contribution in [3.05, 3.63) is 104 Å². The van der Waals surface area contributed by atoms with E-state index in [1.807, 2.05) is 0 Å². The van der Waals surface area contributed by atoms with E-state index in [2.05, 4.69) is 10.9 Å². The number of hydrogen-bond donors (Lipinski definition) is 2. The summed E-state index contributed by atoms with van der Waals surface area (Å²) in [6.45, 7) is 0.188. The molecular weight excluding hydrogens is 432 g/mol. The van der Waals surface area contributed by atoms with Crippen molar-refractivity contribution in [1.82, 2.24) is 15.4 Å². The Balaban J connectivity index is 1.65. The van der Waals surface area contributed by atoms with Crippen LogP contribution in [0.2, 0.25) is 10.0 Å². The zero-order valence-electron chi connectivity index (χ0n) is 15.5. The van der Waals surface area contributed by atoms with E-state index in [0.29, 0.717) is 15.6 Å². The molecule has 1 heterocycles. The molecule has 0 aliphatic carbocycles. The highest BCUT2D eigenvalue weighted by molar-refractivity contribution is 6.42. The van der Waals surface area contributed by atoms with Crippen LogP contribution in [0.3, 0.4) is 0 Å². The zero-order chi connectivity index (χ0) is 21.7. The number of aromatic nitrogens is 1. The minimum absolute atomic E-state index is 0.0586. The average Bonchev–Trinajstić information content (AvgIpc) is 2.72. The first kappa shape index (κ1) is 21.5. The fraction of sp³-hybridized carbons (Fsp3) is 0.0952. The highest BCUT2D eigenvalue weighted by atomic mass is 35.5. The Morgan fingerprint density at radius 2 is 1.63 bits per heavy atom. The fourth-order valence-corrected chi connectivity index (χ4v) is 3.02. The van der Waals surface area contributed by atoms with Crippen molar-refractivity contribution in [2.75, 3.05) is 0 Å². The quantitative estimate of drug-likeness (QED) is 0.588. The molecule has 0 radical (unpaired) electrons. The van der Waals surface area contributed by atoms with E-state index in [9.17, 15) is 18.8 Å². The molecule has 2 amide bonds. The van der Waals surface area contributed by atoms with Gasteiger partial charge in [0.1, 0.15) is 11.4 Å². The van der Waals surface area contributed by atoms with E-state index in [0.717, 1.165) is 5.56 Å². The van der Waals surface area contributed by atoms with Crippen LogP contribution in [0.25, 0.3) is 0 Å². The third kappa shape index (κ3) is 5.46. The Morgan fingerprint density at radius 1 is 0.933 bits per heavy atom. The van der Waals surface area contributed by atoms with Crippen LogP contribution in [0.15, 0.2) is 65.6 Å². The van der Waals surface area contributed by atoms with Crippen LogP contribution in [0.5, 0.6) is 0 Å². The number of carbonyl (C=O) groups is 2. The molecule has 0 bridgehead atoms. The lowest BCUT2D eigenvalue weighted by atomic mass is 10.1. The number of hydrogen-bond acceptors (Lipinski definition) is 3. The van der Waals surface area contributed by atoms with Gasteiger partial charge in [0, 0.05) is 6.20 Å². The first-order valence-electron chi connectivity index (χ1n) is 8.80. The molecule has 0 unspecified atom stereocenters. The van der Waals surface area contributed by atoms with E-state index < -0.39 is 23.2 Å². The summed E-state index contributed by atoms with van der Waals surface area (Å²) in [6, 6.07) is 13.3. The number of amides is 2. The Bertz CT molecular complexity index is 1150. The maximum atomic E-state index is 12.9. The summed E-state index contributed by atoms with van der Waals surface area (Å²) in [5.74, 6) is -1.67. The molecule has 6 nitrogen and oxygen atoms in total. The van der Waals surface area contributed by atoms with Crippen LogP contribution >= 0.6 is 23.2 Å². The summed E-state index contributed by atoms with van der Waals surface area (Å²) in [6.07, 6.45) is 1.48. The number of nitrogens with zero attached hydrogens (tertiary/aromatic N) is 1. The van der Waals surface area contributed by atoms with Gasteiger partial charge in [0.05, 0.1) is 23.0 Å². The minimum Gasteiger partial charge on any atom is -0.310 e. The first-order valence-corrected chi connectivity index (χ1v) is 9.56. The van der Waals surface area contributed by atoms with E-state index >= 15 is 0 Å². The molecule has 3 rings (SSSR count). The summed E-state index contributed by atoms with van der Waals surface area (Å²) < 4.78 is 14.3. The topological polar surface area (TPSA) is 80.2 Å². The van der Waals surface area contributed by atoms with Crippen molar-refractivity contribution in [2.24, 2.45) is 0 Å². The van der Waals surface area contributed by atoms with Gasteiger partial charge >= 0.3 is 0 Å². The van der Waals surface area contributed by atoms with Crippen LogP contribution in [-0.4, -0.2) is 16.4 Å². The van der Waals surface area contributed by atoms with E-state index in [1.165, 1.54) is 41.1 Å². The van der Waals surface area contributed by atoms with Crippen molar-refractivity contribution in [3.63, 3.8) is 0 Å². The SMILES string of the molecule is O=C(Cc1ccc(F)cc1)NNC(=O)c1cccn(Cc2ccc(Cl)c(Cl)c2)c1=O. The number of benzene rings is 2. The molecule has 0 aliphatic heterocycles. The Morgan fingerprint density at radius 3 is 2.33 bits per heavy atom. The third-order valence-corrected chi connectivity index (χ3v) is 4.93. The Hall–Kier alpha value is -3.16. The summed E-state index contributed by atoms with van der Waals surface area (Å²) in [4.78, 5) is 36.9. The molecule has 9 heteroatoms. The number of hydrazine groups is 1. The van der Waals surface area contributed by atoms with Gasteiger partial charge in [-0.15, -0.1) is 0 Å². The second-order valence-corrected chi connectivity index (χ2v) is 7.22. The van der Waals surface area contributed by atoms with E-state index in [4.69, 9.17) is 23.2 Å². The van der Waals surface area contributed by atoms with Gasteiger partial charge in [-0.3, -0.25) is 25.2 Å². The molecule has 0 saturated heterocycles. The van der Waals surface area contributed by atoms with Gasteiger partial charge in [0.25, 0.3) is 11.5 Å². The maximum Gasteiger partial charge on any atom is 0.275 e. The van der Waals surface area contributed by atoms with Crippen molar-refractivity contribution >= 4 is 35.0 Å². The van der Waals surface area contributed by atoms with Crippen LogP contribution in [0.4, 0.5) is 4.39 Å². The van der Waals surface area contributed by atoms with Crippen LogP contribution in [-0.2, 0) is 17.8 Å². The number of pyridine rings is 1. The molecule has 0 fully saturated rings. The molecule has 0 spiro atoms. The van der Waals surface area contributed by atoms with Gasteiger partial charge in [-0.2, -0.15) is 0 Å². The molecule has 0 atom stereocenters. The van der Waals surface area contributed by atoms with Gasteiger partial charge in [-0.1, -0.05) is 41.4 Å². The molecule has 2 aromatic carbocycles. The van der Waals surface area contributed by atoms with Crippen LogP contribution < -0.4 is 16.4 Å². The van der Waals surface area contributed by atoms with E-state index in [1.54, 1.807) is 24.3 Å². The van der Waals surface area contributed by atoms with Gasteiger partial charge in [0.2, 0.25) is 5.91 Å². The number of halogens is 3. The molecule has 0 saturated carbocycles. The van der Waals surface area contributed by atoms with Gasteiger partial charge in [-0.05, 0) is 47.5 Å². The highest BCUT2D eigenvalue weighted by Gasteiger charge is 2.14. The summed E-state index contributed by atoms with van der Waals surface area (Å²) in [5.41, 5.74) is 5.09. The fourth-order valence-electron chi connectivity index (χ4n) is 2.69. The molecular formula is C21H16Cl2FN3O3. The smallest absolute Gasteiger partial charge is 0.275 e. The second-order valence-electron chi connectivity index (χ2n) is 6.41. The Kier molecular flexibility index (Phi) is 6.87. The number of carbonyl (C=O) groups excluding carboxylic acids is 2. The molecule has 3 aromatic rings. The van der Waals surface area contributed by atoms with Crippen molar-refractivity contribution in [2.45, 2.75) is 13.0 Å². The van der Waals surface area contributed by atoms with Gasteiger partial charge in [-0.25, -0.2) is 4.39 Å². The standard InChI is InChI=1S/C21H16Cl2FN3O3/c22-17-8-5-14(10-18(17)23)12-27-9-1-2-16(21(27)30)20(29)26-25-19(28)11-13-3-6-15(24)7-4-13/h1-10H,11-12H2,(H,25,28)(H,26,29). The average molecular weight is 448 g/mol. The predicted molar refractivity (Wildman–Crippen MR) is 112 cm³/mol. The van der Waals surface area contributed by atoms with E-state index in [-0.39, 0.29) is 18.5 Å². The largest absolute Gasteiger partial charge is 0.310 e. The summed E-state index contributed by atoms with van der Waals surface area (Å²) >= 11 is 11.9. The van der Waals surface area contributed by atoms with Crippen LogP contribution in [0.1, 0.15) is 21.5 Å². The second kappa shape index (κ2) is 9.56. The molecule has 0 aliphatic rings. The number of rotatable bonds is 5. The lowest BCUT2D eigenvalue weighted by Crippen LogP contribution is -2.44. The van der Waals surface area contributed by atoms with Gasteiger partial charge < -0.3 is 4.57 Å². The molecule has 154 valence electrons. The highest BCUT2D eigenvalue weighted by Crippen LogP contribution is 2.22. The molecule has 2 N–H and O–H groups in total. The summed E-state index contributed by atoms with van der Waals surface area (Å²) in [7, 11) is 0. The zero-order valence-corrected chi connectivity index (χ0v) is 17.0. The monoisotopic (exact) mass is 447 g/mol. The lowest BCUT2D eigenvalue weighted by molar-refractivity contribution is -0.121. The summed E-state index contributed by atoms with van der Waals surface area (Å²) in [5, 5.41) is 0.761. The number of nitrogens with one attached hydrogen (secondary N) is 2. The van der Waals surface area contributed by atoms with Crippen molar-refractivity contribution in [3.8, 4) is 0 Å². The molecule has 1 aromatic heterocycles. The van der Waals surface area contributed by atoms with Crippen LogP contribution in [0, 0.1) is 5.82 Å². The normalized spacial score (nSPS) is 10.5. The van der Waals surface area contributed by atoms with Gasteiger partial charge in [0.15, 0.2) is 0 Å². The van der Waals surface area contributed by atoms with Crippen molar-refractivity contribution < 1.29 is 14.0 Å². The minimum atomic E-state index is -0.754.